The molecule has 0 aliphatic heterocycles. The number of hydrogen-bond donors (Lipinski definition) is 0. The predicted molar refractivity (Wildman–Crippen MR) is 107 cm³/mol. The van der Waals surface area contributed by atoms with Crippen molar-refractivity contribution in [1.82, 2.24) is 19.1 Å². The molecule has 0 spiro atoms. The van der Waals surface area contributed by atoms with Gasteiger partial charge < -0.3 is 0 Å². The molecule has 2 aromatic carbocycles. The van der Waals surface area contributed by atoms with Crippen molar-refractivity contribution in [3.05, 3.63) is 94.0 Å². The lowest BCUT2D eigenvalue weighted by Crippen LogP contribution is -2.20. The van der Waals surface area contributed by atoms with E-state index in [1.807, 2.05) is 84.9 Å². The molecule has 136 valence electrons. The fourth-order valence-electron chi connectivity index (χ4n) is 3.49. The van der Waals surface area contributed by atoms with Crippen molar-refractivity contribution in [2.45, 2.75) is 20.4 Å². The van der Waals surface area contributed by atoms with E-state index >= 15 is 0 Å². The van der Waals surface area contributed by atoms with Gasteiger partial charge in [-0.2, -0.15) is 5.10 Å². The van der Waals surface area contributed by atoms with Crippen LogP contribution in [-0.4, -0.2) is 19.1 Å². The fourth-order valence-corrected chi connectivity index (χ4v) is 3.49. The summed E-state index contributed by atoms with van der Waals surface area (Å²) in [5.74, 6) is 0. The first kappa shape index (κ1) is 17.1. The topological polar surface area (TPSA) is 44.8 Å². The van der Waals surface area contributed by atoms with Crippen LogP contribution in [0.2, 0.25) is 0 Å². The van der Waals surface area contributed by atoms with Gasteiger partial charge in [-0.3, -0.25) is 14.2 Å². The van der Waals surface area contributed by atoms with Crippen molar-refractivity contribution < 1.29 is 0 Å². The molecule has 2 heterocycles. The normalized spacial score (nSPS) is 11.1. The van der Waals surface area contributed by atoms with Crippen LogP contribution in [0.3, 0.4) is 0 Å². The Morgan fingerprint density at radius 3 is 2.22 bits per heavy atom. The molecule has 0 N–H and O–H groups in total. The summed E-state index contributed by atoms with van der Waals surface area (Å²) in [6.07, 6.45) is 0. The van der Waals surface area contributed by atoms with E-state index in [1.54, 1.807) is 4.68 Å². The van der Waals surface area contributed by atoms with Gasteiger partial charge in [-0.25, -0.2) is 4.68 Å². The number of para-hydroxylation sites is 1. The molecule has 0 fully saturated rings. The Labute approximate surface area is 158 Å². The molecule has 0 unspecified atom stereocenters. The SMILES string of the molecule is Cc1cc(-c2c(C)n(C)n(-c3ccccc3)c2=O)n(Cc2ccccc2)n1. The second-order valence-corrected chi connectivity index (χ2v) is 6.75. The van der Waals surface area contributed by atoms with Crippen molar-refractivity contribution in [1.29, 1.82) is 0 Å². The van der Waals surface area contributed by atoms with Crippen LogP contribution in [-0.2, 0) is 13.6 Å². The molecule has 0 amide bonds. The van der Waals surface area contributed by atoms with E-state index in [1.165, 1.54) is 0 Å². The molecule has 0 radical (unpaired) electrons. The van der Waals surface area contributed by atoms with Gasteiger partial charge in [0, 0.05) is 12.7 Å². The van der Waals surface area contributed by atoms with Gasteiger partial charge in [-0.1, -0.05) is 48.5 Å². The van der Waals surface area contributed by atoms with E-state index in [9.17, 15) is 4.79 Å². The van der Waals surface area contributed by atoms with E-state index < -0.39 is 0 Å². The van der Waals surface area contributed by atoms with E-state index in [-0.39, 0.29) is 5.56 Å². The number of aryl methyl sites for hydroxylation is 1. The largest absolute Gasteiger partial charge is 0.285 e. The highest BCUT2D eigenvalue weighted by atomic mass is 16.1. The average molecular weight is 358 g/mol. The molecular weight excluding hydrogens is 336 g/mol. The highest BCUT2D eigenvalue weighted by Gasteiger charge is 2.21. The summed E-state index contributed by atoms with van der Waals surface area (Å²) in [4.78, 5) is 13.3. The maximum atomic E-state index is 13.3. The first-order valence-electron chi connectivity index (χ1n) is 8.99. The number of hydrogen-bond acceptors (Lipinski definition) is 2. The molecule has 0 saturated carbocycles. The summed E-state index contributed by atoms with van der Waals surface area (Å²) in [6.45, 7) is 4.56. The van der Waals surface area contributed by atoms with Gasteiger partial charge in [-0.05, 0) is 37.6 Å². The Morgan fingerprint density at radius 1 is 0.926 bits per heavy atom. The van der Waals surface area contributed by atoms with Gasteiger partial charge in [0.25, 0.3) is 5.56 Å². The Kier molecular flexibility index (Phi) is 4.28. The molecule has 0 bridgehead atoms. The lowest BCUT2D eigenvalue weighted by molar-refractivity contribution is 0.630. The molecule has 0 aliphatic carbocycles. The highest BCUT2D eigenvalue weighted by Crippen LogP contribution is 2.23. The summed E-state index contributed by atoms with van der Waals surface area (Å²) in [5.41, 5.74) is 5.33. The summed E-state index contributed by atoms with van der Waals surface area (Å²) < 4.78 is 5.53. The van der Waals surface area contributed by atoms with E-state index in [2.05, 4.69) is 17.2 Å². The molecule has 0 aliphatic rings. The minimum absolute atomic E-state index is 0.0320. The van der Waals surface area contributed by atoms with Crippen molar-refractivity contribution in [3.63, 3.8) is 0 Å². The van der Waals surface area contributed by atoms with Crippen LogP contribution in [0, 0.1) is 13.8 Å². The zero-order valence-electron chi connectivity index (χ0n) is 15.8. The molecule has 4 rings (SSSR count). The molecule has 4 aromatic rings. The van der Waals surface area contributed by atoms with Crippen LogP contribution in [0.5, 0.6) is 0 Å². The summed E-state index contributed by atoms with van der Waals surface area (Å²) in [5, 5.41) is 4.64. The van der Waals surface area contributed by atoms with Gasteiger partial charge in [0.2, 0.25) is 0 Å². The number of nitrogens with zero attached hydrogens (tertiary/aromatic N) is 4. The van der Waals surface area contributed by atoms with E-state index in [0.29, 0.717) is 12.1 Å². The standard InChI is InChI=1S/C22H22N4O/c1-16-14-20(25(23-16)15-18-10-6-4-7-11-18)21-17(2)24(3)26(22(21)27)19-12-8-5-9-13-19/h4-14H,15H2,1-3H3. The zero-order valence-corrected chi connectivity index (χ0v) is 15.8. The third-order valence-electron chi connectivity index (χ3n) is 4.89. The highest BCUT2D eigenvalue weighted by molar-refractivity contribution is 5.63. The number of rotatable bonds is 4. The van der Waals surface area contributed by atoms with Crippen molar-refractivity contribution in [2.24, 2.45) is 7.05 Å². The van der Waals surface area contributed by atoms with Crippen molar-refractivity contribution in [2.75, 3.05) is 0 Å². The van der Waals surface area contributed by atoms with Crippen LogP contribution in [0.25, 0.3) is 16.9 Å². The van der Waals surface area contributed by atoms with E-state index in [0.717, 1.165) is 28.3 Å². The van der Waals surface area contributed by atoms with Crippen LogP contribution >= 0.6 is 0 Å². The Morgan fingerprint density at radius 2 is 1.56 bits per heavy atom. The lowest BCUT2D eigenvalue weighted by atomic mass is 10.1. The lowest BCUT2D eigenvalue weighted by Gasteiger charge is -2.07. The molecular formula is C22H22N4O. The Hall–Kier alpha value is -3.34. The molecule has 0 atom stereocenters. The first-order chi connectivity index (χ1) is 13.1. The number of aromatic nitrogens is 4. The van der Waals surface area contributed by atoms with E-state index in [4.69, 9.17) is 0 Å². The minimum atomic E-state index is -0.0320. The average Bonchev–Trinajstić information content (AvgIpc) is 3.13. The molecule has 0 saturated heterocycles. The maximum Gasteiger partial charge on any atom is 0.281 e. The van der Waals surface area contributed by atoms with Crippen LogP contribution in [0.15, 0.2) is 71.5 Å². The van der Waals surface area contributed by atoms with Crippen molar-refractivity contribution in [3.8, 4) is 16.9 Å². The summed E-state index contributed by atoms with van der Waals surface area (Å²) in [7, 11) is 1.91. The molecule has 5 nitrogen and oxygen atoms in total. The predicted octanol–water partition coefficient (Wildman–Crippen LogP) is 3.70. The third-order valence-corrected chi connectivity index (χ3v) is 4.89. The maximum absolute atomic E-state index is 13.3. The second kappa shape index (κ2) is 6.76. The minimum Gasteiger partial charge on any atom is -0.285 e. The fraction of sp³-hybridized carbons (Fsp3) is 0.182. The van der Waals surface area contributed by atoms with Gasteiger partial charge in [0.1, 0.15) is 0 Å². The van der Waals surface area contributed by atoms with Crippen LogP contribution < -0.4 is 5.56 Å². The van der Waals surface area contributed by atoms with Crippen LogP contribution in [0.1, 0.15) is 17.0 Å². The zero-order chi connectivity index (χ0) is 19.0. The van der Waals surface area contributed by atoms with Gasteiger partial charge in [0.15, 0.2) is 0 Å². The van der Waals surface area contributed by atoms with Gasteiger partial charge in [0.05, 0.1) is 29.2 Å². The summed E-state index contributed by atoms with van der Waals surface area (Å²) >= 11 is 0. The quantitative estimate of drug-likeness (QED) is 0.558. The van der Waals surface area contributed by atoms with Gasteiger partial charge >= 0.3 is 0 Å². The smallest absolute Gasteiger partial charge is 0.281 e. The molecule has 27 heavy (non-hydrogen) atoms. The third kappa shape index (κ3) is 3.01. The summed E-state index contributed by atoms with van der Waals surface area (Å²) in [6, 6.07) is 21.9. The van der Waals surface area contributed by atoms with Crippen LogP contribution in [0.4, 0.5) is 0 Å². The van der Waals surface area contributed by atoms with Crippen molar-refractivity contribution >= 4 is 0 Å². The first-order valence-corrected chi connectivity index (χ1v) is 8.99. The molecule has 2 aromatic heterocycles. The number of benzene rings is 2. The molecule has 5 heteroatoms. The Balaban J connectivity index is 1.87. The van der Waals surface area contributed by atoms with Gasteiger partial charge in [-0.15, -0.1) is 0 Å². The Bertz CT molecular complexity index is 1130. The second-order valence-electron chi connectivity index (χ2n) is 6.75. The monoisotopic (exact) mass is 358 g/mol.